The summed E-state index contributed by atoms with van der Waals surface area (Å²) in [6, 6.07) is -0.0841. The molecule has 0 radical (unpaired) electrons. The summed E-state index contributed by atoms with van der Waals surface area (Å²) in [5.74, 6) is -0.931. The maximum absolute atomic E-state index is 11.8. The van der Waals surface area contributed by atoms with Crippen molar-refractivity contribution in [3.63, 3.8) is 0 Å². The zero-order valence-electron chi connectivity index (χ0n) is 9.89. The molecule has 98 valence electrons. The molecule has 0 aliphatic heterocycles. The van der Waals surface area contributed by atoms with Crippen molar-refractivity contribution in [2.24, 2.45) is 0 Å². The summed E-state index contributed by atoms with van der Waals surface area (Å²) >= 11 is 0. The van der Waals surface area contributed by atoms with Gasteiger partial charge in [0.1, 0.15) is 0 Å². The van der Waals surface area contributed by atoms with Crippen LogP contribution in [0.1, 0.15) is 32.1 Å². The van der Waals surface area contributed by atoms with E-state index in [1.807, 2.05) is 0 Å². The summed E-state index contributed by atoms with van der Waals surface area (Å²) < 4.78 is 0. The predicted octanol–water partition coefficient (Wildman–Crippen LogP) is 0.408. The molecule has 0 bridgehead atoms. The standard InChI is InChI=1S/C11H20N2O4/c14-8-7-13(9-3-1-2-4-9)11(17)12-6-5-10(15)16/h9,14H,1-8H2,(H,12,17)(H,15,16). The van der Waals surface area contributed by atoms with E-state index >= 15 is 0 Å². The number of aliphatic hydroxyl groups is 1. The van der Waals surface area contributed by atoms with Crippen LogP contribution in [0.25, 0.3) is 0 Å². The first kappa shape index (κ1) is 13.8. The number of nitrogens with one attached hydrogen (secondary N) is 1. The lowest BCUT2D eigenvalue weighted by Crippen LogP contribution is -2.47. The van der Waals surface area contributed by atoms with Gasteiger partial charge in [0.2, 0.25) is 0 Å². The summed E-state index contributed by atoms with van der Waals surface area (Å²) in [5, 5.41) is 20.0. The van der Waals surface area contributed by atoms with Crippen LogP contribution in [0.15, 0.2) is 0 Å². The molecule has 0 saturated heterocycles. The summed E-state index contributed by atoms with van der Waals surface area (Å²) in [6.07, 6.45) is 4.06. The first-order valence-electron chi connectivity index (χ1n) is 6.02. The average Bonchev–Trinajstić information content (AvgIpc) is 2.78. The Labute approximate surface area is 101 Å². The molecule has 0 heterocycles. The van der Waals surface area contributed by atoms with E-state index in [1.54, 1.807) is 4.90 Å². The molecule has 0 aromatic rings. The molecular formula is C11H20N2O4. The number of hydrogen-bond donors (Lipinski definition) is 3. The van der Waals surface area contributed by atoms with Crippen LogP contribution < -0.4 is 5.32 Å². The molecule has 0 aromatic heterocycles. The molecule has 0 atom stereocenters. The van der Waals surface area contributed by atoms with Crippen molar-refractivity contribution in [3.8, 4) is 0 Å². The highest BCUT2D eigenvalue weighted by Gasteiger charge is 2.25. The number of nitrogens with zero attached hydrogens (tertiary/aromatic N) is 1. The van der Waals surface area contributed by atoms with E-state index in [0.29, 0.717) is 6.54 Å². The molecule has 1 fully saturated rings. The normalized spacial score (nSPS) is 15.8. The predicted molar refractivity (Wildman–Crippen MR) is 61.7 cm³/mol. The summed E-state index contributed by atoms with van der Waals surface area (Å²) in [4.78, 5) is 23.8. The van der Waals surface area contributed by atoms with Crippen molar-refractivity contribution in [1.29, 1.82) is 0 Å². The molecule has 1 aliphatic carbocycles. The zero-order valence-corrected chi connectivity index (χ0v) is 9.89. The van der Waals surface area contributed by atoms with Crippen LogP contribution in [0.2, 0.25) is 0 Å². The second-order valence-corrected chi connectivity index (χ2v) is 4.23. The number of urea groups is 1. The average molecular weight is 244 g/mol. The fourth-order valence-corrected chi connectivity index (χ4v) is 2.15. The SMILES string of the molecule is O=C(O)CCNC(=O)N(CCO)C1CCCC1. The Morgan fingerprint density at radius 2 is 1.94 bits per heavy atom. The van der Waals surface area contributed by atoms with E-state index in [1.165, 1.54) is 0 Å². The van der Waals surface area contributed by atoms with Crippen molar-refractivity contribution >= 4 is 12.0 Å². The van der Waals surface area contributed by atoms with E-state index < -0.39 is 5.97 Å². The molecule has 2 amide bonds. The van der Waals surface area contributed by atoms with E-state index in [9.17, 15) is 9.59 Å². The Morgan fingerprint density at radius 3 is 2.47 bits per heavy atom. The molecule has 3 N–H and O–H groups in total. The van der Waals surface area contributed by atoms with Gasteiger partial charge in [-0.1, -0.05) is 12.8 Å². The highest BCUT2D eigenvalue weighted by molar-refractivity contribution is 5.75. The van der Waals surface area contributed by atoms with Crippen LogP contribution in [-0.4, -0.2) is 52.9 Å². The van der Waals surface area contributed by atoms with E-state index in [-0.39, 0.29) is 31.6 Å². The Morgan fingerprint density at radius 1 is 1.29 bits per heavy atom. The second-order valence-electron chi connectivity index (χ2n) is 4.23. The van der Waals surface area contributed by atoms with Gasteiger partial charge >= 0.3 is 12.0 Å². The molecule has 6 nitrogen and oxygen atoms in total. The topological polar surface area (TPSA) is 89.9 Å². The van der Waals surface area contributed by atoms with Gasteiger partial charge in [-0.15, -0.1) is 0 Å². The molecule has 1 rings (SSSR count). The first-order valence-corrected chi connectivity index (χ1v) is 6.02. The number of rotatable bonds is 6. The first-order chi connectivity index (χ1) is 8.15. The molecule has 1 aliphatic rings. The van der Waals surface area contributed by atoms with Crippen LogP contribution in [0.3, 0.4) is 0 Å². The van der Waals surface area contributed by atoms with Gasteiger partial charge in [-0.05, 0) is 12.8 Å². The molecule has 0 aromatic carbocycles. The molecular weight excluding hydrogens is 224 g/mol. The maximum atomic E-state index is 11.8. The van der Waals surface area contributed by atoms with Crippen LogP contribution in [0.5, 0.6) is 0 Å². The number of amides is 2. The van der Waals surface area contributed by atoms with E-state index in [0.717, 1.165) is 25.7 Å². The third-order valence-electron chi connectivity index (χ3n) is 2.98. The number of carboxylic acids is 1. The lowest BCUT2D eigenvalue weighted by atomic mass is 10.2. The van der Waals surface area contributed by atoms with Crippen LogP contribution in [-0.2, 0) is 4.79 Å². The number of carbonyl (C=O) groups is 2. The van der Waals surface area contributed by atoms with Gasteiger partial charge in [-0.25, -0.2) is 4.79 Å². The van der Waals surface area contributed by atoms with Gasteiger partial charge < -0.3 is 20.4 Å². The molecule has 6 heteroatoms. The third kappa shape index (κ3) is 4.60. The van der Waals surface area contributed by atoms with Gasteiger partial charge in [-0.2, -0.15) is 0 Å². The quantitative estimate of drug-likeness (QED) is 0.631. The largest absolute Gasteiger partial charge is 0.481 e. The highest BCUT2D eigenvalue weighted by Crippen LogP contribution is 2.23. The fourth-order valence-electron chi connectivity index (χ4n) is 2.15. The number of aliphatic hydroxyl groups excluding tert-OH is 1. The van der Waals surface area contributed by atoms with Gasteiger partial charge in [-0.3, -0.25) is 4.79 Å². The molecule has 0 spiro atoms. The van der Waals surface area contributed by atoms with Crippen molar-refractivity contribution in [2.75, 3.05) is 19.7 Å². The Balaban J connectivity index is 2.39. The maximum Gasteiger partial charge on any atom is 0.317 e. The number of hydrogen-bond acceptors (Lipinski definition) is 3. The van der Waals surface area contributed by atoms with Crippen LogP contribution in [0, 0.1) is 0 Å². The summed E-state index contributed by atoms with van der Waals surface area (Å²) in [5.41, 5.74) is 0. The monoisotopic (exact) mass is 244 g/mol. The fraction of sp³-hybridized carbons (Fsp3) is 0.818. The third-order valence-corrected chi connectivity index (χ3v) is 2.98. The number of aliphatic carboxylic acids is 1. The number of carbonyl (C=O) groups excluding carboxylic acids is 1. The molecule has 0 unspecified atom stereocenters. The van der Waals surface area contributed by atoms with Gasteiger partial charge in [0, 0.05) is 19.1 Å². The Bertz CT molecular complexity index is 264. The van der Waals surface area contributed by atoms with Crippen molar-refractivity contribution in [1.82, 2.24) is 10.2 Å². The minimum atomic E-state index is -0.931. The molecule has 1 saturated carbocycles. The summed E-state index contributed by atoms with van der Waals surface area (Å²) in [7, 11) is 0. The van der Waals surface area contributed by atoms with E-state index in [2.05, 4.69) is 5.32 Å². The lowest BCUT2D eigenvalue weighted by molar-refractivity contribution is -0.136. The van der Waals surface area contributed by atoms with Crippen molar-refractivity contribution in [2.45, 2.75) is 38.1 Å². The minimum absolute atomic E-state index is 0.0666. The zero-order chi connectivity index (χ0) is 12.7. The second kappa shape index (κ2) is 7.11. The van der Waals surface area contributed by atoms with Gasteiger partial charge in [0.05, 0.1) is 13.0 Å². The van der Waals surface area contributed by atoms with Crippen LogP contribution in [0.4, 0.5) is 4.79 Å². The number of carboxylic acid groups (broad SMARTS) is 1. The Hall–Kier alpha value is -1.30. The lowest BCUT2D eigenvalue weighted by Gasteiger charge is -2.28. The minimum Gasteiger partial charge on any atom is -0.481 e. The molecule has 17 heavy (non-hydrogen) atoms. The Kier molecular flexibility index (Phi) is 5.76. The van der Waals surface area contributed by atoms with E-state index in [4.69, 9.17) is 10.2 Å². The van der Waals surface area contributed by atoms with Crippen LogP contribution >= 0.6 is 0 Å². The van der Waals surface area contributed by atoms with Crippen molar-refractivity contribution < 1.29 is 19.8 Å². The van der Waals surface area contributed by atoms with Crippen molar-refractivity contribution in [3.05, 3.63) is 0 Å². The highest BCUT2D eigenvalue weighted by atomic mass is 16.4. The smallest absolute Gasteiger partial charge is 0.317 e. The van der Waals surface area contributed by atoms with Gasteiger partial charge in [0.25, 0.3) is 0 Å². The summed E-state index contributed by atoms with van der Waals surface area (Å²) in [6.45, 7) is 0.370. The van der Waals surface area contributed by atoms with Gasteiger partial charge in [0.15, 0.2) is 0 Å².